The molecule has 1 fully saturated rings. The molecule has 0 aromatic rings. The SMILES string of the molecule is CC1(C)CCSCC1(N)C(N)=O. The molecule has 12 heavy (non-hydrogen) atoms. The van der Waals surface area contributed by atoms with Crippen LogP contribution in [0, 0.1) is 5.41 Å². The normalized spacial score (nSPS) is 34.6. The molecule has 4 heteroatoms. The van der Waals surface area contributed by atoms with Crippen LogP contribution in [0.1, 0.15) is 20.3 Å². The van der Waals surface area contributed by atoms with Gasteiger partial charge in [-0.15, -0.1) is 0 Å². The number of carbonyl (C=O) groups excluding carboxylic acids is 1. The highest BCUT2D eigenvalue weighted by atomic mass is 32.2. The van der Waals surface area contributed by atoms with Crippen LogP contribution in [0.4, 0.5) is 0 Å². The molecule has 70 valence electrons. The predicted octanol–water partition coefficient (Wildman–Crippen LogP) is 0.332. The van der Waals surface area contributed by atoms with Crippen LogP contribution in [0.25, 0.3) is 0 Å². The Morgan fingerprint density at radius 1 is 1.50 bits per heavy atom. The molecule has 0 bridgehead atoms. The molecule has 0 aromatic carbocycles. The van der Waals surface area contributed by atoms with E-state index in [-0.39, 0.29) is 11.3 Å². The van der Waals surface area contributed by atoms with Gasteiger partial charge in [0.2, 0.25) is 5.91 Å². The van der Waals surface area contributed by atoms with Crippen molar-refractivity contribution in [3.05, 3.63) is 0 Å². The summed E-state index contributed by atoms with van der Waals surface area (Å²) in [4.78, 5) is 11.2. The average Bonchev–Trinajstić information content (AvgIpc) is 1.95. The first-order chi connectivity index (χ1) is 5.40. The van der Waals surface area contributed by atoms with Crippen molar-refractivity contribution in [3.63, 3.8) is 0 Å². The van der Waals surface area contributed by atoms with Gasteiger partial charge in [-0.3, -0.25) is 4.79 Å². The molecule has 1 atom stereocenters. The van der Waals surface area contributed by atoms with Gasteiger partial charge in [-0.05, 0) is 17.6 Å². The van der Waals surface area contributed by atoms with Gasteiger partial charge in [0.05, 0.1) is 0 Å². The van der Waals surface area contributed by atoms with Crippen molar-refractivity contribution in [2.45, 2.75) is 25.8 Å². The summed E-state index contributed by atoms with van der Waals surface area (Å²) in [6, 6.07) is 0. The zero-order chi connectivity index (χ0) is 9.41. The summed E-state index contributed by atoms with van der Waals surface area (Å²) in [5, 5.41) is 0. The second-order valence-corrected chi connectivity index (χ2v) is 5.13. The topological polar surface area (TPSA) is 69.1 Å². The first-order valence-corrected chi connectivity index (χ1v) is 5.22. The van der Waals surface area contributed by atoms with Gasteiger partial charge in [-0.1, -0.05) is 13.8 Å². The Morgan fingerprint density at radius 3 is 2.42 bits per heavy atom. The number of thioether (sulfide) groups is 1. The van der Waals surface area contributed by atoms with Crippen molar-refractivity contribution < 1.29 is 4.79 Å². The van der Waals surface area contributed by atoms with Crippen LogP contribution in [-0.4, -0.2) is 23.0 Å². The standard InChI is InChI=1S/C8H16N2OS/c1-7(2)3-4-12-5-8(7,10)6(9)11/h3-5,10H2,1-2H3,(H2,9,11). The Bertz CT molecular complexity index is 205. The summed E-state index contributed by atoms with van der Waals surface area (Å²) in [5.41, 5.74) is 10.3. The highest BCUT2D eigenvalue weighted by Crippen LogP contribution is 2.40. The van der Waals surface area contributed by atoms with E-state index in [0.717, 1.165) is 12.2 Å². The second-order valence-electron chi connectivity index (χ2n) is 4.02. The Kier molecular flexibility index (Phi) is 2.40. The number of hydrogen-bond donors (Lipinski definition) is 2. The molecule has 0 saturated carbocycles. The molecule has 4 N–H and O–H groups in total. The van der Waals surface area contributed by atoms with Gasteiger partial charge in [-0.25, -0.2) is 0 Å². The van der Waals surface area contributed by atoms with Gasteiger partial charge in [0.1, 0.15) is 5.54 Å². The summed E-state index contributed by atoms with van der Waals surface area (Å²) >= 11 is 1.71. The summed E-state index contributed by atoms with van der Waals surface area (Å²) in [7, 11) is 0. The lowest BCUT2D eigenvalue weighted by atomic mass is 9.71. The minimum absolute atomic E-state index is 0.163. The lowest BCUT2D eigenvalue weighted by molar-refractivity contribution is -0.126. The van der Waals surface area contributed by atoms with E-state index in [1.54, 1.807) is 11.8 Å². The Balaban J connectivity index is 2.91. The third kappa shape index (κ3) is 1.33. The molecular formula is C8H16N2OS. The van der Waals surface area contributed by atoms with E-state index in [2.05, 4.69) is 0 Å². The van der Waals surface area contributed by atoms with Gasteiger partial charge < -0.3 is 11.5 Å². The molecule has 0 spiro atoms. The summed E-state index contributed by atoms with van der Waals surface area (Å²) in [6.07, 6.45) is 0.955. The van der Waals surface area contributed by atoms with Gasteiger partial charge in [-0.2, -0.15) is 11.8 Å². The molecule has 1 unspecified atom stereocenters. The maximum Gasteiger partial charge on any atom is 0.238 e. The van der Waals surface area contributed by atoms with Crippen LogP contribution >= 0.6 is 11.8 Å². The van der Waals surface area contributed by atoms with E-state index in [0.29, 0.717) is 5.75 Å². The molecule has 0 aromatic heterocycles. The van der Waals surface area contributed by atoms with E-state index < -0.39 is 5.54 Å². The molecule has 3 nitrogen and oxygen atoms in total. The van der Waals surface area contributed by atoms with Gasteiger partial charge in [0.25, 0.3) is 0 Å². The first kappa shape index (κ1) is 9.86. The molecule has 1 aliphatic rings. The third-order valence-corrected chi connectivity index (χ3v) is 4.00. The highest BCUT2D eigenvalue weighted by molar-refractivity contribution is 7.99. The molecule has 1 rings (SSSR count). The molecule has 1 aliphatic heterocycles. The number of amides is 1. The maximum atomic E-state index is 11.2. The second kappa shape index (κ2) is 2.92. The molecule has 0 radical (unpaired) electrons. The monoisotopic (exact) mass is 188 g/mol. The van der Waals surface area contributed by atoms with E-state index in [1.807, 2.05) is 13.8 Å². The van der Waals surface area contributed by atoms with Crippen LogP contribution in [0.2, 0.25) is 0 Å². The number of rotatable bonds is 1. The average molecular weight is 188 g/mol. The van der Waals surface area contributed by atoms with Crippen LogP contribution < -0.4 is 11.5 Å². The lowest BCUT2D eigenvalue weighted by Crippen LogP contribution is -2.65. The molecule has 0 aliphatic carbocycles. The van der Waals surface area contributed by atoms with Crippen molar-refractivity contribution >= 4 is 17.7 Å². The largest absolute Gasteiger partial charge is 0.368 e. The van der Waals surface area contributed by atoms with Crippen molar-refractivity contribution in [1.29, 1.82) is 0 Å². The fourth-order valence-corrected chi connectivity index (χ4v) is 3.04. The summed E-state index contributed by atoms with van der Waals surface area (Å²) < 4.78 is 0. The van der Waals surface area contributed by atoms with Crippen LogP contribution in [0.3, 0.4) is 0 Å². The van der Waals surface area contributed by atoms with E-state index in [9.17, 15) is 4.79 Å². The van der Waals surface area contributed by atoms with E-state index >= 15 is 0 Å². The van der Waals surface area contributed by atoms with Crippen molar-refractivity contribution in [2.75, 3.05) is 11.5 Å². The zero-order valence-electron chi connectivity index (χ0n) is 7.59. The van der Waals surface area contributed by atoms with Gasteiger partial charge in [0.15, 0.2) is 0 Å². The maximum absolute atomic E-state index is 11.2. The van der Waals surface area contributed by atoms with Crippen molar-refractivity contribution in [2.24, 2.45) is 16.9 Å². The Labute approximate surface area is 77.3 Å². The number of hydrogen-bond acceptors (Lipinski definition) is 3. The van der Waals surface area contributed by atoms with E-state index in [4.69, 9.17) is 11.5 Å². The van der Waals surface area contributed by atoms with Gasteiger partial charge >= 0.3 is 0 Å². The Morgan fingerprint density at radius 2 is 2.08 bits per heavy atom. The predicted molar refractivity (Wildman–Crippen MR) is 51.8 cm³/mol. The van der Waals surface area contributed by atoms with Crippen molar-refractivity contribution in [3.8, 4) is 0 Å². The van der Waals surface area contributed by atoms with E-state index in [1.165, 1.54) is 0 Å². The van der Waals surface area contributed by atoms with Crippen LogP contribution in [0.15, 0.2) is 0 Å². The third-order valence-electron chi connectivity index (χ3n) is 2.85. The summed E-state index contributed by atoms with van der Waals surface area (Å²) in [5.74, 6) is 1.34. The minimum atomic E-state index is -0.823. The molecular weight excluding hydrogens is 172 g/mol. The van der Waals surface area contributed by atoms with Crippen LogP contribution in [-0.2, 0) is 4.79 Å². The number of carbonyl (C=O) groups is 1. The number of primary amides is 1. The molecule has 1 saturated heterocycles. The summed E-state index contributed by atoms with van der Waals surface area (Å²) in [6.45, 7) is 4.02. The quantitative estimate of drug-likeness (QED) is 0.623. The lowest BCUT2D eigenvalue weighted by Gasteiger charge is -2.44. The van der Waals surface area contributed by atoms with Crippen molar-refractivity contribution in [1.82, 2.24) is 0 Å². The highest BCUT2D eigenvalue weighted by Gasteiger charge is 2.48. The molecule has 1 heterocycles. The Hall–Kier alpha value is -0.220. The number of nitrogens with two attached hydrogens (primary N) is 2. The van der Waals surface area contributed by atoms with Crippen LogP contribution in [0.5, 0.6) is 0 Å². The fourth-order valence-electron chi connectivity index (χ4n) is 1.38. The smallest absolute Gasteiger partial charge is 0.238 e. The first-order valence-electron chi connectivity index (χ1n) is 4.07. The minimum Gasteiger partial charge on any atom is -0.368 e. The molecule has 1 amide bonds. The fraction of sp³-hybridized carbons (Fsp3) is 0.875. The zero-order valence-corrected chi connectivity index (χ0v) is 8.41. The van der Waals surface area contributed by atoms with Gasteiger partial charge in [0, 0.05) is 5.75 Å².